The number of ether oxygens (including phenoxy) is 2. The van der Waals surface area contributed by atoms with Crippen molar-refractivity contribution in [3.05, 3.63) is 101 Å². The molecule has 0 aliphatic rings. The first kappa shape index (κ1) is 19.4. The smallest absolute Gasteiger partial charge is 0.345 e. The quantitative estimate of drug-likeness (QED) is 0.242. The number of hydrogen-bond donors (Lipinski definition) is 0. The summed E-state index contributed by atoms with van der Waals surface area (Å²) in [6.07, 6.45) is 3.19. The van der Waals surface area contributed by atoms with Crippen LogP contribution in [0.5, 0.6) is 11.5 Å². The Kier molecular flexibility index (Phi) is 6.25. The Bertz CT molecular complexity index is 1010. The van der Waals surface area contributed by atoms with Crippen LogP contribution in [-0.2, 0) is 0 Å². The number of carbonyl (C=O) groups is 2. The molecule has 4 nitrogen and oxygen atoms in total. The molecule has 0 atom stereocenters. The van der Waals surface area contributed by atoms with Crippen molar-refractivity contribution in [1.29, 1.82) is 0 Å². The highest BCUT2D eigenvalue weighted by molar-refractivity contribution is 6.33. The van der Waals surface area contributed by atoms with E-state index < -0.39 is 5.97 Å². The van der Waals surface area contributed by atoms with Crippen LogP contribution in [0, 0.1) is 0 Å². The van der Waals surface area contributed by atoms with Crippen molar-refractivity contribution in [2.24, 2.45) is 0 Å². The first-order chi connectivity index (χ1) is 13.6. The average molecular weight is 393 g/mol. The molecule has 0 radical (unpaired) electrons. The predicted molar refractivity (Wildman–Crippen MR) is 109 cm³/mol. The lowest BCUT2D eigenvalue weighted by atomic mass is 10.1. The van der Waals surface area contributed by atoms with Gasteiger partial charge in [0.25, 0.3) is 0 Å². The third kappa shape index (κ3) is 4.87. The summed E-state index contributed by atoms with van der Waals surface area (Å²) in [4.78, 5) is 24.4. The van der Waals surface area contributed by atoms with Gasteiger partial charge in [0, 0.05) is 5.56 Å². The largest absolute Gasteiger partial charge is 0.497 e. The van der Waals surface area contributed by atoms with Gasteiger partial charge < -0.3 is 9.47 Å². The third-order valence-corrected chi connectivity index (χ3v) is 4.32. The van der Waals surface area contributed by atoms with Crippen molar-refractivity contribution in [2.75, 3.05) is 7.11 Å². The van der Waals surface area contributed by atoms with E-state index in [1.54, 1.807) is 86.0 Å². The molecule has 3 rings (SSSR count). The summed E-state index contributed by atoms with van der Waals surface area (Å²) in [6.45, 7) is 0. The Hall–Kier alpha value is -3.37. The molecule has 0 aliphatic heterocycles. The highest BCUT2D eigenvalue weighted by Crippen LogP contribution is 2.20. The van der Waals surface area contributed by atoms with Crippen LogP contribution in [0.3, 0.4) is 0 Å². The minimum atomic E-state index is -0.524. The molecule has 0 aliphatic carbocycles. The van der Waals surface area contributed by atoms with Gasteiger partial charge in [0.15, 0.2) is 5.78 Å². The highest BCUT2D eigenvalue weighted by Gasteiger charge is 2.12. The maximum absolute atomic E-state index is 12.2. The summed E-state index contributed by atoms with van der Waals surface area (Å²) in [5.74, 6) is 0.450. The fourth-order valence-electron chi connectivity index (χ4n) is 2.46. The second-order valence-corrected chi connectivity index (χ2v) is 6.27. The molecular weight excluding hydrogens is 376 g/mol. The predicted octanol–water partition coefficient (Wildman–Crippen LogP) is 5.46. The molecule has 0 saturated carbocycles. The van der Waals surface area contributed by atoms with Crippen molar-refractivity contribution in [2.45, 2.75) is 0 Å². The zero-order valence-corrected chi connectivity index (χ0v) is 15.8. The molecule has 0 saturated heterocycles. The minimum Gasteiger partial charge on any atom is -0.497 e. The van der Waals surface area contributed by atoms with Crippen LogP contribution in [0.1, 0.15) is 26.3 Å². The van der Waals surface area contributed by atoms with E-state index >= 15 is 0 Å². The summed E-state index contributed by atoms with van der Waals surface area (Å²) in [6, 6.07) is 20.4. The van der Waals surface area contributed by atoms with Crippen LogP contribution in [0.15, 0.2) is 78.9 Å². The molecule has 3 aromatic rings. The lowest BCUT2D eigenvalue weighted by Gasteiger charge is -2.06. The van der Waals surface area contributed by atoms with E-state index in [9.17, 15) is 9.59 Å². The van der Waals surface area contributed by atoms with Crippen molar-refractivity contribution in [1.82, 2.24) is 0 Å². The van der Waals surface area contributed by atoms with E-state index in [2.05, 4.69) is 0 Å². The van der Waals surface area contributed by atoms with Gasteiger partial charge in [-0.25, -0.2) is 4.79 Å². The summed E-state index contributed by atoms with van der Waals surface area (Å²) >= 11 is 6.00. The van der Waals surface area contributed by atoms with E-state index in [1.165, 1.54) is 6.08 Å². The van der Waals surface area contributed by atoms with Crippen LogP contribution in [-0.4, -0.2) is 18.9 Å². The van der Waals surface area contributed by atoms with Crippen LogP contribution >= 0.6 is 11.6 Å². The van der Waals surface area contributed by atoms with Crippen molar-refractivity contribution in [3.8, 4) is 11.5 Å². The number of allylic oxidation sites excluding steroid dienone is 1. The van der Waals surface area contributed by atoms with Gasteiger partial charge in [0.2, 0.25) is 0 Å². The number of methoxy groups -OCH3 is 1. The zero-order chi connectivity index (χ0) is 19.9. The standard InChI is InChI=1S/C23H17ClO4/c1-27-18-13-9-17(10-14-18)22(25)15-8-16-6-11-19(12-7-16)28-23(26)20-4-2-3-5-21(20)24/h2-15H,1H3. The number of ketones is 1. The van der Waals surface area contributed by atoms with Crippen molar-refractivity contribution < 1.29 is 19.1 Å². The molecule has 0 heterocycles. The molecule has 0 spiro atoms. The number of carbonyl (C=O) groups excluding carboxylic acids is 2. The Morgan fingerprint density at radius 2 is 1.50 bits per heavy atom. The van der Waals surface area contributed by atoms with Crippen LogP contribution in [0.2, 0.25) is 5.02 Å². The second-order valence-electron chi connectivity index (χ2n) is 5.86. The SMILES string of the molecule is COc1ccc(C(=O)C=Cc2ccc(OC(=O)c3ccccc3Cl)cc2)cc1. The van der Waals surface area contributed by atoms with Gasteiger partial charge in [0.05, 0.1) is 17.7 Å². The van der Waals surface area contributed by atoms with E-state index in [1.807, 2.05) is 0 Å². The van der Waals surface area contributed by atoms with Crippen molar-refractivity contribution >= 4 is 29.4 Å². The first-order valence-electron chi connectivity index (χ1n) is 8.50. The minimum absolute atomic E-state index is 0.114. The van der Waals surface area contributed by atoms with E-state index in [4.69, 9.17) is 21.1 Å². The second kappa shape index (κ2) is 9.02. The Labute approximate surface area is 168 Å². The number of hydrogen-bond acceptors (Lipinski definition) is 4. The number of benzene rings is 3. The van der Waals surface area contributed by atoms with Crippen LogP contribution in [0.4, 0.5) is 0 Å². The normalized spacial score (nSPS) is 10.6. The van der Waals surface area contributed by atoms with Gasteiger partial charge >= 0.3 is 5.97 Å². The van der Waals surface area contributed by atoms with Gasteiger partial charge in [-0.1, -0.05) is 41.9 Å². The molecule has 0 amide bonds. The topological polar surface area (TPSA) is 52.6 Å². The maximum Gasteiger partial charge on any atom is 0.345 e. The van der Waals surface area contributed by atoms with Gasteiger partial charge in [-0.15, -0.1) is 0 Å². The lowest BCUT2D eigenvalue weighted by Crippen LogP contribution is -2.08. The molecule has 28 heavy (non-hydrogen) atoms. The Balaban J connectivity index is 1.63. The average Bonchev–Trinajstić information content (AvgIpc) is 2.73. The number of rotatable bonds is 6. The molecule has 0 N–H and O–H groups in total. The lowest BCUT2D eigenvalue weighted by molar-refractivity contribution is 0.0734. The van der Waals surface area contributed by atoms with Crippen molar-refractivity contribution in [3.63, 3.8) is 0 Å². The number of esters is 1. The van der Waals surface area contributed by atoms with E-state index in [-0.39, 0.29) is 5.78 Å². The highest BCUT2D eigenvalue weighted by atomic mass is 35.5. The first-order valence-corrected chi connectivity index (χ1v) is 8.88. The molecular formula is C23H17ClO4. The van der Waals surface area contributed by atoms with Crippen LogP contribution in [0.25, 0.3) is 6.08 Å². The van der Waals surface area contributed by atoms with Crippen LogP contribution < -0.4 is 9.47 Å². The van der Waals surface area contributed by atoms with Gasteiger partial charge in [-0.05, 0) is 60.2 Å². The summed E-state index contributed by atoms with van der Waals surface area (Å²) in [5.41, 5.74) is 1.68. The van der Waals surface area contributed by atoms with E-state index in [0.29, 0.717) is 27.6 Å². The molecule has 0 bridgehead atoms. The van der Waals surface area contributed by atoms with Gasteiger partial charge in [0.1, 0.15) is 11.5 Å². The molecule has 0 aromatic heterocycles. The molecule has 5 heteroatoms. The van der Waals surface area contributed by atoms with E-state index in [0.717, 1.165) is 5.56 Å². The monoisotopic (exact) mass is 392 g/mol. The summed E-state index contributed by atoms with van der Waals surface area (Å²) in [5, 5.41) is 0.337. The summed E-state index contributed by atoms with van der Waals surface area (Å²) in [7, 11) is 1.58. The summed E-state index contributed by atoms with van der Waals surface area (Å²) < 4.78 is 10.4. The number of halogens is 1. The zero-order valence-electron chi connectivity index (χ0n) is 15.1. The third-order valence-electron chi connectivity index (χ3n) is 3.99. The molecule has 0 fully saturated rings. The maximum atomic E-state index is 12.2. The Morgan fingerprint density at radius 3 is 2.14 bits per heavy atom. The molecule has 3 aromatic carbocycles. The Morgan fingerprint density at radius 1 is 0.857 bits per heavy atom. The molecule has 140 valence electrons. The van der Waals surface area contributed by atoms with Gasteiger partial charge in [-0.3, -0.25) is 4.79 Å². The fourth-order valence-corrected chi connectivity index (χ4v) is 2.67. The fraction of sp³-hybridized carbons (Fsp3) is 0.0435. The van der Waals surface area contributed by atoms with Gasteiger partial charge in [-0.2, -0.15) is 0 Å². The molecule has 0 unspecified atom stereocenters.